The van der Waals surface area contributed by atoms with Crippen molar-refractivity contribution in [3.05, 3.63) is 29.8 Å². The van der Waals surface area contributed by atoms with Gasteiger partial charge in [0.1, 0.15) is 0 Å². The molecule has 0 bridgehead atoms. The van der Waals surface area contributed by atoms with Crippen LogP contribution in [-0.4, -0.2) is 17.7 Å². The van der Waals surface area contributed by atoms with Crippen LogP contribution in [0.25, 0.3) is 0 Å². The third-order valence-electron chi connectivity index (χ3n) is 2.42. The maximum Gasteiger partial charge on any atom is 0.310 e. The zero-order valence-corrected chi connectivity index (χ0v) is 8.65. The van der Waals surface area contributed by atoms with E-state index in [0.717, 1.165) is 5.56 Å². The molecule has 0 saturated carbocycles. The highest BCUT2D eigenvalue weighted by molar-refractivity contribution is 6.44. The molecule has 1 aliphatic heterocycles. The minimum absolute atomic E-state index is 0.393. The topological polar surface area (TPSA) is 49.4 Å². The van der Waals surface area contributed by atoms with Gasteiger partial charge in [-0.15, -0.1) is 0 Å². The van der Waals surface area contributed by atoms with Crippen LogP contribution in [0.5, 0.6) is 0 Å². The first kappa shape index (κ1) is 9.86. The summed E-state index contributed by atoms with van der Waals surface area (Å²) in [6.07, 6.45) is 0. The van der Waals surface area contributed by atoms with Gasteiger partial charge in [0.05, 0.1) is 11.7 Å². The molecule has 1 atom stereocenters. The highest BCUT2D eigenvalue weighted by atomic mass is 16.2. The van der Waals surface area contributed by atoms with Gasteiger partial charge in [-0.2, -0.15) is 0 Å². The van der Waals surface area contributed by atoms with Gasteiger partial charge in [-0.05, 0) is 26.0 Å². The van der Waals surface area contributed by atoms with Gasteiger partial charge in [0.2, 0.25) is 5.78 Å². The van der Waals surface area contributed by atoms with Gasteiger partial charge in [0.15, 0.2) is 0 Å². The highest BCUT2D eigenvalue weighted by Crippen LogP contribution is 2.17. The van der Waals surface area contributed by atoms with Crippen molar-refractivity contribution in [2.24, 2.45) is 0 Å². The first-order valence-electron chi connectivity index (χ1n) is 4.81. The Morgan fingerprint density at radius 1 is 1.20 bits per heavy atom. The monoisotopic (exact) mass is 204 g/mol. The Morgan fingerprint density at radius 3 is 2.27 bits per heavy atom. The summed E-state index contributed by atoms with van der Waals surface area (Å²) in [5.41, 5.74) is 4.64. The van der Waals surface area contributed by atoms with E-state index in [1.807, 2.05) is 31.2 Å². The third kappa shape index (κ3) is 1.64. The molecule has 0 aliphatic carbocycles. The van der Waals surface area contributed by atoms with Crippen LogP contribution in [0, 0.1) is 6.92 Å². The van der Waals surface area contributed by atoms with Crippen LogP contribution < -0.4 is 10.4 Å². The van der Waals surface area contributed by atoms with E-state index >= 15 is 0 Å². The number of hydrazine groups is 1. The maximum absolute atomic E-state index is 11.5. The Morgan fingerprint density at radius 2 is 1.80 bits per heavy atom. The number of Topliss-reactive ketones (excluding diaryl/α,β-unsaturated/α-hetero) is 1. The fourth-order valence-electron chi connectivity index (χ4n) is 1.49. The van der Waals surface area contributed by atoms with Crippen LogP contribution in [0.1, 0.15) is 12.5 Å². The molecule has 0 radical (unpaired) electrons. The average Bonchev–Trinajstić information content (AvgIpc) is 2.47. The van der Waals surface area contributed by atoms with Crippen LogP contribution in [0.3, 0.4) is 0 Å². The molecule has 0 spiro atoms. The second-order valence-corrected chi connectivity index (χ2v) is 3.69. The number of nitrogens with zero attached hydrogens (tertiary/aromatic N) is 1. The molecular formula is C11H12N2O2. The second-order valence-electron chi connectivity index (χ2n) is 3.69. The van der Waals surface area contributed by atoms with Gasteiger partial charge in [-0.1, -0.05) is 17.7 Å². The summed E-state index contributed by atoms with van der Waals surface area (Å²) in [5.74, 6) is -0.887. The third-order valence-corrected chi connectivity index (χ3v) is 2.42. The van der Waals surface area contributed by atoms with E-state index in [-0.39, 0.29) is 0 Å². The molecule has 1 amide bonds. The first-order valence-corrected chi connectivity index (χ1v) is 4.81. The Hall–Kier alpha value is -1.68. The number of carbonyl (C=O) groups is 2. The summed E-state index contributed by atoms with van der Waals surface area (Å²) in [6.45, 7) is 3.64. The van der Waals surface area contributed by atoms with Crippen LogP contribution >= 0.6 is 0 Å². The lowest BCUT2D eigenvalue weighted by Crippen LogP contribution is -2.36. The molecule has 0 aromatic heterocycles. The van der Waals surface area contributed by atoms with Gasteiger partial charge < -0.3 is 0 Å². The van der Waals surface area contributed by atoms with E-state index in [9.17, 15) is 9.59 Å². The van der Waals surface area contributed by atoms with Crippen LogP contribution in [0.4, 0.5) is 5.69 Å². The standard InChI is InChI=1S/C11H12N2O2/c1-7-3-5-9(6-4-7)13-11(15)10(14)8(2)12-13/h3-6,8,12H,1-2H3. The molecule has 15 heavy (non-hydrogen) atoms. The average molecular weight is 204 g/mol. The van der Waals surface area contributed by atoms with Crippen molar-refractivity contribution in [3.8, 4) is 0 Å². The molecule has 1 fully saturated rings. The largest absolute Gasteiger partial charge is 0.310 e. The number of benzene rings is 1. The predicted octanol–water partition coefficient (Wildman–Crippen LogP) is 0.804. The van der Waals surface area contributed by atoms with Crippen molar-refractivity contribution in [2.45, 2.75) is 19.9 Å². The number of aryl methyl sites for hydroxylation is 1. The minimum Gasteiger partial charge on any atom is -0.287 e. The molecule has 1 heterocycles. The number of anilines is 1. The summed E-state index contributed by atoms with van der Waals surface area (Å²) >= 11 is 0. The number of amides is 1. The van der Waals surface area contributed by atoms with E-state index in [1.54, 1.807) is 6.92 Å². The van der Waals surface area contributed by atoms with Gasteiger partial charge in [0.25, 0.3) is 0 Å². The van der Waals surface area contributed by atoms with Crippen molar-refractivity contribution < 1.29 is 9.59 Å². The molecule has 1 aromatic carbocycles. The molecule has 1 saturated heterocycles. The number of rotatable bonds is 1. The molecule has 4 heteroatoms. The molecule has 78 valence electrons. The Bertz CT molecular complexity index is 411. The van der Waals surface area contributed by atoms with Crippen molar-refractivity contribution >= 4 is 17.4 Å². The molecule has 1 aliphatic rings. The molecule has 4 nitrogen and oxygen atoms in total. The van der Waals surface area contributed by atoms with Crippen LogP contribution in [-0.2, 0) is 9.59 Å². The summed E-state index contributed by atoms with van der Waals surface area (Å²) in [5, 5.41) is 1.30. The van der Waals surface area contributed by atoms with E-state index in [0.29, 0.717) is 5.69 Å². The second kappa shape index (κ2) is 3.47. The smallest absolute Gasteiger partial charge is 0.287 e. The molecule has 2 rings (SSSR count). The summed E-state index contributed by atoms with van der Waals surface area (Å²) < 4.78 is 0. The Balaban J connectivity index is 2.29. The Kier molecular flexibility index (Phi) is 2.28. The fourth-order valence-corrected chi connectivity index (χ4v) is 1.49. The van der Waals surface area contributed by atoms with Crippen molar-refractivity contribution in [1.29, 1.82) is 0 Å². The Labute approximate surface area is 87.9 Å². The van der Waals surface area contributed by atoms with Crippen LogP contribution in [0.2, 0.25) is 0 Å². The van der Waals surface area contributed by atoms with Crippen molar-refractivity contribution in [1.82, 2.24) is 5.43 Å². The zero-order chi connectivity index (χ0) is 11.0. The number of hydrogen-bond donors (Lipinski definition) is 1. The maximum atomic E-state index is 11.5. The number of ketones is 1. The van der Waals surface area contributed by atoms with E-state index in [4.69, 9.17) is 0 Å². The summed E-state index contributed by atoms with van der Waals surface area (Å²) in [6, 6.07) is 6.99. The zero-order valence-electron chi connectivity index (χ0n) is 8.65. The lowest BCUT2D eigenvalue weighted by molar-refractivity contribution is -0.134. The lowest BCUT2D eigenvalue weighted by Gasteiger charge is -2.15. The molecule has 1 aromatic rings. The number of hydrogen-bond acceptors (Lipinski definition) is 3. The summed E-state index contributed by atoms with van der Waals surface area (Å²) in [4.78, 5) is 22.8. The highest BCUT2D eigenvalue weighted by Gasteiger charge is 2.36. The van der Waals surface area contributed by atoms with Crippen molar-refractivity contribution in [3.63, 3.8) is 0 Å². The molecular weight excluding hydrogens is 192 g/mol. The minimum atomic E-state index is -0.494. The first-order chi connectivity index (χ1) is 7.09. The van der Waals surface area contributed by atoms with E-state index in [1.165, 1.54) is 5.01 Å². The lowest BCUT2D eigenvalue weighted by atomic mass is 10.2. The predicted molar refractivity (Wildman–Crippen MR) is 56.3 cm³/mol. The fraction of sp³-hybridized carbons (Fsp3) is 0.273. The number of carbonyl (C=O) groups excluding carboxylic acids is 2. The van der Waals surface area contributed by atoms with Gasteiger partial charge >= 0.3 is 5.91 Å². The molecule has 1 N–H and O–H groups in total. The van der Waals surface area contributed by atoms with Gasteiger partial charge in [-0.25, -0.2) is 10.4 Å². The SMILES string of the molecule is Cc1ccc(N2NC(C)C(=O)C2=O)cc1. The molecule has 1 unspecified atom stereocenters. The normalized spacial score (nSPS) is 21.2. The number of nitrogens with one attached hydrogen (secondary N) is 1. The van der Waals surface area contributed by atoms with Gasteiger partial charge in [0, 0.05) is 0 Å². The van der Waals surface area contributed by atoms with Crippen molar-refractivity contribution in [2.75, 3.05) is 5.01 Å². The van der Waals surface area contributed by atoms with Gasteiger partial charge in [-0.3, -0.25) is 9.59 Å². The van der Waals surface area contributed by atoms with Crippen LogP contribution in [0.15, 0.2) is 24.3 Å². The van der Waals surface area contributed by atoms with E-state index < -0.39 is 17.7 Å². The summed E-state index contributed by atoms with van der Waals surface area (Å²) in [7, 11) is 0. The van der Waals surface area contributed by atoms with E-state index in [2.05, 4.69) is 5.43 Å². The quantitative estimate of drug-likeness (QED) is 0.688.